The molecule has 1 saturated heterocycles. The number of carbonyl (C=O) groups excluding carboxylic acids is 2. The van der Waals surface area contributed by atoms with Gasteiger partial charge in [-0.2, -0.15) is 0 Å². The van der Waals surface area contributed by atoms with E-state index in [4.69, 9.17) is 5.73 Å². The van der Waals surface area contributed by atoms with Gasteiger partial charge < -0.3 is 16.0 Å². The summed E-state index contributed by atoms with van der Waals surface area (Å²) in [5.41, 5.74) is 5.94. The lowest BCUT2D eigenvalue weighted by molar-refractivity contribution is -0.118. The number of nitrogens with two attached hydrogens (primary N) is 1. The lowest BCUT2D eigenvalue weighted by Gasteiger charge is -2.13. The largest absolute Gasteiger partial charge is 0.351 e. The second-order valence-electron chi connectivity index (χ2n) is 5.36. The third kappa shape index (κ3) is 2.14. The Hall–Kier alpha value is -2.11. The van der Waals surface area contributed by atoms with E-state index in [1.807, 2.05) is 6.07 Å². The van der Waals surface area contributed by atoms with Gasteiger partial charge >= 0.3 is 6.03 Å². The van der Waals surface area contributed by atoms with Crippen molar-refractivity contribution in [2.75, 3.05) is 18.4 Å². The Morgan fingerprint density at radius 2 is 2.37 bits per heavy atom. The van der Waals surface area contributed by atoms with Crippen molar-refractivity contribution in [1.82, 2.24) is 9.88 Å². The Morgan fingerprint density at radius 3 is 3.00 bits per heavy atom. The highest BCUT2D eigenvalue weighted by atomic mass is 16.2. The van der Waals surface area contributed by atoms with Crippen LogP contribution < -0.4 is 11.1 Å². The Labute approximate surface area is 111 Å². The van der Waals surface area contributed by atoms with Crippen LogP contribution in [0.1, 0.15) is 12.8 Å². The van der Waals surface area contributed by atoms with Crippen LogP contribution in [0, 0.1) is 11.3 Å². The number of pyridine rings is 1. The zero-order valence-corrected chi connectivity index (χ0v) is 10.5. The standard InChI is InChI=1S/C13H16N4O2/c14-12(19)17-5-3-13(8-17)6-10(13)11(18)16-9-2-1-4-15-7-9/h1-2,4,7,10H,3,5-6,8H2,(H2,14,19)(H,16,18). The van der Waals surface area contributed by atoms with Gasteiger partial charge in [0.15, 0.2) is 0 Å². The van der Waals surface area contributed by atoms with Gasteiger partial charge in [0.25, 0.3) is 0 Å². The number of hydrogen-bond acceptors (Lipinski definition) is 3. The number of urea groups is 1. The van der Waals surface area contributed by atoms with E-state index in [9.17, 15) is 9.59 Å². The van der Waals surface area contributed by atoms with Gasteiger partial charge in [0.2, 0.25) is 5.91 Å². The molecule has 6 nitrogen and oxygen atoms in total. The monoisotopic (exact) mass is 260 g/mol. The van der Waals surface area contributed by atoms with Crippen molar-refractivity contribution in [3.63, 3.8) is 0 Å². The van der Waals surface area contributed by atoms with Crippen LogP contribution in [-0.2, 0) is 4.79 Å². The van der Waals surface area contributed by atoms with Crippen molar-refractivity contribution in [2.45, 2.75) is 12.8 Å². The van der Waals surface area contributed by atoms with E-state index in [0.29, 0.717) is 18.8 Å². The highest BCUT2D eigenvalue weighted by molar-refractivity contribution is 5.95. The van der Waals surface area contributed by atoms with Gasteiger partial charge in [-0.3, -0.25) is 9.78 Å². The van der Waals surface area contributed by atoms with Crippen molar-refractivity contribution < 1.29 is 9.59 Å². The number of primary amides is 1. The Morgan fingerprint density at radius 1 is 1.53 bits per heavy atom. The van der Waals surface area contributed by atoms with Crippen LogP contribution in [-0.4, -0.2) is 34.9 Å². The number of carbonyl (C=O) groups is 2. The molecule has 3 N–H and O–H groups in total. The molecule has 0 aromatic carbocycles. The van der Waals surface area contributed by atoms with Gasteiger partial charge in [-0.1, -0.05) is 0 Å². The first kappa shape index (κ1) is 12.0. The quantitative estimate of drug-likeness (QED) is 0.824. The molecule has 3 amide bonds. The van der Waals surface area contributed by atoms with E-state index in [-0.39, 0.29) is 17.2 Å². The fraction of sp³-hybridized carbons (Fsp3) is 0.462. The molecule has 1 aromatic heterocycles. The average Bonchev–Trinajstić information content (AvgIpc) is 2.91. The van der Waals surface area contributed by atoms with Crippen LogP contribution in [0.25, 0.3) is 0 Å². The zero-order chi connectivity index (χ0) is 13.5. The molecule has 1 spiro atoms. The molecule has 1 saturated carbocycles. The number of rotatable bonds is 2. The first-order chi connectivity index (χ1) is 9.11. The Bertz CT molecular complexity index is 519. The molecule has 2 aliphatic rings. The number of aromatic nitrogens is 1. The molecule has 1 aliphatic heterocycles. The van der Waals surface area contributed by atoms with Crippen molar-refractivity contribution in [2.24, 2.45) is 17.1 Å². The third-order valence-corrected chi connectivity index (χ3v) is 4.13. The maximum Gasteiger partial charge on any atom is 0.314 e. The minimum Gasteiger partial charge on any atom is -0.351 e. The number of nitrogens with one attached hydrogen (secondary N) is 1. The Balaban J connectivity index is 1.61. The first-order valence-electron chi connectivity index (χ1n) is 6.36. The van der Waals surface area contributed by atoms with E-state index < -0.39 is 6.03 Å². The lowest BCUT2D eigenvalue weighted by atomic mass is 10.0. The second kappa shape index (κ2) is 4.22. The molecule has 100 valence electrons. The molecule has 2 unspecified atom stereocenters. The van der Waals surface area contributed by atoms with Crippen molar-refractivity contribution in [3.8, 4) is 0 Å². The molecular formula is C13H16N4O2. The lowest BCUT2D eigenvalue weighted by Crippen LogP contribution is -2.34. The first-order valence-corrected chi connectivity index (χ1v) is 6.36. The van der Waals surface area contributed by atoms with Gasteiger partial charge in [-0.05, 0) is 25.0 Å². The predicted octanol–water partition coefficient (Wildman–Crippen LogP) is 0.811. The molecule has 3 rings (SSSR count). The molecule has 1 aliphatic carbocycles. The highest BCUT2D eigenvalue weighted by Crippen LogP contribution is 2.58. The number of amides is 3. The fourth-order valence-corrected chi connectivity index (χ4v) is 2.92. The molecular weight excluding hydrogens is 244 g/mol. The van der Waals surface area contributed by atoms with E-state index in [1.54, 1.807) is 23.4 Å². The van der Waals surface area contributed by atoms with E-state index in [0.717, 1.165) is 12.8 Å². The summed E-state index contributed by atoms with van der Waals surface area (Å²) in [5, 5.41) is 2.86. The normalized spacial score (nSPS) is 28.4. The molecule has 2 fully saturated rings. The van der Waals surface area contributed by atoms with Gasteiger partial charge in [-0.15, -0.1) is 0 Å². The molecule has 2 heterocycles. The minimum atomic E-state index is -0.393. The minimum absolute atomic E-state index is 0.0133. The zero-order valence-electron chi connectivity index (χ0n) is 10.5. The summed E-state index contributed by atoms with van der Waals surface area (Å²) >= 11 is 0. The van der Waals surface area contributed by atoms with Crippen LogP contribution in [0.15, 0.2) is 24.5 Å². The number of hydrogen-bond donors (Lipinski definition) is 2. The average molecular weight is 260 g/mol. The summed E-state index contributed by atoms with van der Waals surface area (Å²) < 4.78 is 0. The number of anilines is 1. The van der Waals surface area contributed by atoms with Crippen LogP contribution >= 0.6 is 0 Å². The van der Waals surface area contributed by atoms with E-state index in [1.165, 1.54) is 0 Å². The SMILES string of the molecule is NC(=O)N1CCC2(CC2C(=O)Nc2cccnc2)C1. The summed E-state index contributed by atoms with van der Waals surface area (Å²) in [7, 11) is 0. The maximum absolute atomic E-state index is 12.1. The van der Waals surface area contributed by atoms with Crippen LogP contribution in [0.2, 0.25) is 0 Å². The fourth-order valence-electron chi connectivity index (χ4n) is 2.92. The Kier molecular flexibility index (Phi) is 2.66. The smallest absolute Gasteiger partial charge is 0.314 e. The second-order valence-corrected chi connectivity index (χ2v) is 5.36. The molecule has 0 radical (unpaired) electrons. The van der Waals surface area contributed by atoms with Crippen molar-refractivity contribution in [1.29, 1.82) is 0 Å². The van der Waals surface area contributed by atoms with Gasteiger partial charge in [-0.25, -0.2) is 4.79 Å². The highest BCUT2D eigenvalue weighted by Gasteiger charge is 2.61. The number of nitrogens with zero attached hydrogens (tertiary/aromatic N) is 2. The molecule has 2 atom stereocenters. The summed E-state index contributed by atoms with van der Waals surface area (Å²) in [6.07, 6.45) is 4.98. The van der Waals surface area contributed by atoms with Crippen molar-refractivity contribution >= 4 is 17.6 Å². The summed E-state index contributed by atoms with van der Waals surface area (Å²) in [5.74, 6) is -0.00336. The maximum atomic E-state index is 12.1. The van der Waals surface area contributed by atoms with E-state index in [2.05, 4.69) is 10.3 Å². The van der Waals surface area contributed by atoms with Crippen molar-refractivity contribution in [3.05, 3.63) is 24.5 Å². The topological polar surface area (TPSA) is 88.3 Å². The van der Waals surface area contributed by atoms with Gasteiger partial charge in [0.05, 0.1) is 11.9 Å². The van der Waals surface area contributed by atoms with Gasteiger partial charge in [0, 0.05) is 30.6 Å². The van der Waals surface area contributed by atoms with Crippen LogP contribution in [0.4, 0.5) is 10.5 Å². The molecule has 1 aromatic rings. The molecule has 0 bridgehead atoms. The third-order valence-electron chi connectivity index (χ3n) is 4.13. The summed E-state index contributed by atoms with van der Waals surface area (Å²) in [6, 6.07) is 3.20. The summed E-state index contributed by atoms with van der Waals surface area (Å²) in [4.78, 5) is 28.8. The number of likely N-dealkylation sites (tertiary alicyclic amines) is 1. The molecule has 19 heavy (non-hydrogen) atoms. The summed E-state index contributed by atoms with van der Waals surface area (Å²) in [6.45, 7) is 1.26. The van der Waals surface area contributed by atoms with Crippen LogP contribution in [0.3, 0.4) is 0 Å². The predicted molar refractivity (Wildman–Crippen MR) is 69.2 cm³/mol. The van der Waals surface area contributed by atoms with Crippen LogP contribution in [0.5, 0.6) is 0 Å². The van der Waals surface area contributed by atoms with Gasteiger partial charge in [0.1, 0.15) is 0 Å². The van der Waals surface area contributed by atoms with E-state index >= 15 is 0 Å². The molecule has 6 heteroatoms.